The first kappa shape index (κ1) is 16.7. The number of aromatic nitrogens is 4. The Morgan fingerprint density at radius 3 is 2.54 bits per heavy atom. The van der Waals surface area contributed by atoms with Gasteiger partial charge in [0.15, 0.2) is 5.65 Å². The molecule has 28 heavy (non-hydrogen) atoms. The third-order valence-corrected chi connectivity index (χ3v) is 4.85. The number of anilines is 2. The maximum absolute atomic E-state index is 14.5. The number of hydrogen-bond acceptors (Lipinski definition) is 5. The third kappa shape index (κ3) is 3.05. The van der Waals surface area contributed by atoms with Gasteiger partial charge in [0, 0.05) is 11.6 Å². The minimum absolute atomic E-state index is 0.352. The van der Waals surface area contributed by atoms with Gasteiger partial charge in [-0.2, -0.15) is 4.98 Å². The van der Waals surface area contributed by atoms with Crippen molar-refractivity contribution in [1.29, 1.82) is 0 Å². The Labute approximate surface area is 161 Å². The number of nitrogens with zero attached hydrogens (tertiary/aromatic N) is 4. The summed E-state index contributed by atoms with van der Waals surface area (Å²) in [5, 5.41) is 8.44. The van der Waals surface area contributed by atoms with Gasteiger partial charge >= 0.3 is 0 Å². The van der Waals surface area contributed by atoms with Crippen LogP contribution in [0.15, 0.2) is 54.6 Å². The molecule has 6 nitrogen and oxygen atoms in total. The molecule has 0 spiro atoms. The van der Waals surface area contributed by atoms with Gasteiger partial charge in [0.2, 0.25) is 5.95 Å². The number of nitrogens with one attached hydrogen (secondary N) is 1. The Bertz CT molecular complexity index is 1150. The highest BCUT2D eigenvalue weighted by molar-refractivity contribution is 5.99. The second-order valence-electron chi connectivity index (χ2n) is 7.02. The zero-order chi connectivity index (χ0) is 19.1. The predicted octanol–water partition coefficient (Wildman–Crippen LogP) is 3.84. The van der Waals surface area contributed by atoms with Crippen molar-refractivity contribution in [2.45, 2.75) is 25.4 Å². The minimum atomic E-state index is -0.352. The number of hydrogen-bond donors (Lipinski definition) is 2. The zero-order valence-corrected chi connectivity index (χ0v) is 15.1. The molecule has 1 saturated carbocycles. The van der Waals surface area contributed by atoms with Gasteiger partial charge in [-0.05, 0) is 30.5 Å². The monoisotopic (exact) mass is 374 g/mol. The van der Waals surface area contributed by atoms with Crippen molar-refractivity contribution in [2.24, 2.45) is 0 Å². The highest BCUT2D eigenvalue weighted by Gasteiger charge is 2.25. The van der Waals surface area contributed by atoms with Crippen LogP contribution in [-0.2, 0) is 6.54 Å². The van der Waals surface area contributed by atoms with Crippen molar-refractivity contribution in [3.63, 3.8) is 0 Å². The molecule has 2 aromatic heterocycles. The fourth-order valence-electron chi connectivity index (χ4n) is 3.25. The Kier molecular flexibility index (Phi) is 3.93. The van der Waals surface area contributed by atoms with Gasteiger partial charge in [-0.3, -0.25) is 0 Å². The van der Waals surface area contributed by atoms with Crippen LogP contribution < -0.4 is 11.1 Å². The maximum Gasteiger partial charge on any atom is 0.225 e. The van der Waals surface area contributed by atoms with E-state index in [1.165, 1.54) is 6.07 Å². The lowest BCUT2D eigenvalue weighted by Gasteiger charge is -2.08. The minimum Gasteiger partial charge on any atom is -0.383 e. The van der Waals surface area contributed by atoms with Crippen molar-refractivity contribution in [2.75, 3.05) is 11.1 Å². The third-order valence-electron chi connectivity index (χ3n) is 4.85. The second kappa shape index (κ2) is 6.60. The molecule has 0 amide bonds. The van der Waals surface area contributed by atoms with Crippen molar-refractivity contribution in [3.05, 3.63) is 66.0 Å². The van der Waals surface area contributed by atoms with E-state index in [1.807, 2.05) is 30.3 Å². The number of halogens is 1. The van der Waals surface area contributed by atoms with E-state index in [9.17, 15) is 4.39 Å². The molecule has 0 bridgehead atoms. The molecule has 5 rings (SSSR count). The van der Waals surface area contributed by atoms with Crippen LogP contribution in [0.1, 0.15) is 18.4 Å². The van der Waals surface area contributed by atoms with Crippen LogP contribution in [0.4, 0.5) is 16.2 Å². The maximum atomic E-state index is 14.5. The van der Waals surface area contributed by atoms with Gasteiger partial charge < -0.3 is 11.1 Å². The van der Waals surface area contributed by atoms with E-state index in [1.54, 1.807) is 22.9 Å². The fraction of sp³-hybridized carbons (Fsp3) is 0.190. The quantitative estimate of drug-likeness (QED) is 0.555. The molecule has 2 aromatic carbocycles. The first-order chi connectivity index (χ1) is 13.7. The van der Waals surface area contributed by atoms with E-state index >= 15 is 0 Å². The summed E-state index contributed by atoms with van der Waals surface area (Å²) < 4.78 is 16.2. The van der Waals surface area contributed by atoms with Gasteiger partial charge in [-0.1, -0.05) is 42.5 Å². The largest absolute Gasteiger partial charge is 0.383 e. The van der Waals surface area contributed by atoms with E-state index in [4.69, 9.17) is 5.73 Å². The number of nitrogen functional groups attached to an aromatic ring is 1. The Morgan fingerprint density at radius 1 is 1.04 bits per heavy atom. The highest BCUT2D eigenvalue weighted by Crippen LogP contribution is 2.34. The number of fused-ring (bicyclic) bond motifs is 1. The highest BCUT2D eigenvalue weighted by atomic mass is 19.1. The Hall–Kier alpha value is -3.48. The summed E-state index contributed by atoms with van der Waals surface area (Å²) in [6, 6.07) is 16.8. The summed E-state index contributed by atoms with van der Waals surface area (Å²) in [5.74, 6) is 0.530. The molecule has 7 heteroatoms. The lowest BCUT2D eigenvalue weighted by molar-refractivity contribution is 0.631. The summed E-state index contributed by atoms with van der Waals surface area (Å²) in [6.07, 6.45) is 2.17. The van der Waals surface area contributed by atoms with Crippen LogP contribution in [0, 0.1) is 5.82 Å². The summed E-state index contributed by atoms with van der Waals surface area (Å²) in [5.41, 5.74) is 8.80. The molecular weight excluding hydrogens is 355 g/mol. The second-order valence-corrected chi connectivity index (χ2v) is 7.02. The van der Waals surface area contributed by atoms with Crippen LogP contribution in [0.5, 0.6) is 0 Å². The van der Waals surface area contributed by atoms with E-state index < -0.39 is 0 Å². The van der Waals surface area contributed by atoms with Crippen molar-refractivity contribution >= 4 is 22.8 Å². The lowest BCUT2D eigenvalue weighted by atomic mass is 10.1. The van der Waals surface area contributed by atoms with Crippen molar-refractivity contribution < 1.29 is 4.39 Å². The topological polar surface area (TPSA) is 81.7 Å². The zero-order valence-electron chi connectivity index (χ0n) is 15.1. The summed E-state index contributed by atoms with van der Waals surface area (Å²) in [7, 11) is 0. The van der Waals surface area contributed by atoms with Gasteiger partial charge in [0.1, 0.15) is 11.6 Å². The number of rotatable bonds is 5. The molecule has 0 saturated heterocycles. The first-order valence-corrected chi connectivity index (χ1v) is 9.28. The summed E-state index contributed by atoms with van der Waals surface area (Å²) >= 11 is 0. The molecule has 1 aliphatic carbocycles. The van der Waals surface area contributed by atoms with Crippen LogP contribution in [-0.4, -0.2) is 25.8 Å². The SMILES string of the molecule is Nc1c2c(-c3ccccc3F)nc(NC3CC3)nc2nn1Cc1ccccc1. The van der Waals surface area contributed by atoms with E-state index in [-0.39, 0.29) is 5.82 Å². The summed E-state index contributed by atoms with van der Waals surface area (Å²) in [6.45, 7) is 0.505. The first-order valence-electron chi connectivity index (χ1n) is 9.28. The smallest absolute Gasteiger partial charge is 0.225 e. The Balaban J connectivity index is 1.68. The Morgan fingerprint density at radius 2 is 1.79 bits per heavy atom. The van der Waals surface area contributed by atoms with Gasteiger partial charge in [0.25, 0.3) is 0 Å². The molecule has 2 heterocycles. The molecule has 140 valence electrons. The number of benzene rings is 2. The van der Waals surface area contributed by atoms with Gasteiger partial charge in [-0.15, -0.1) is 5.10 Å². The normalized spacial score (nSPS) is 13.8. The molecule has 3 N–H and O–H groups in total. The molecule has 1 aliphatic rings. The van der Waals surface area contributed by atoms with Crippen molar-refractivity contribution in [1.82, 2.24) is 19.7 Å². The molecular formula is C21H19FN6. The molecule has 4 aromatic rings. The van der Waals surface area contributed by atoms with Crippen LogP contribution in [0.2, 0.25) is 0 Å². The molecule has 0 unspecified atom stereocenters. The van der Waals surface area contributed by atoms with E-state index in [0.29, 0.717) is 46.6 Å². The molecule has 0 aliphatic heterocycles. The average molecular weight is 374 g/mol. The number of nitrogens with two attached hydrogens (primary N) is 1. The van der Waals surface area contributed by atoms with Crippen LogP contribution in [0.25, 0.3) is 22.3 Å². The van der Waals surface area contributed by atoms with E-state index in [2.05, 4.69) is 20.4 Å². The van der Waals surface area contributed by atoms with Crippen molar-refractivity contribution in [3.8, 4) is 11.3 Å². The van der Waals surface area contributed by atoms with Crippen LogP contribution >= 0.6 is 0 Å². The van der Waals surface area contributed by atoms with E-state index in [0.717, 1.165) is 18.4 Å². The molecule has 0 atom stereocenters. The van der Waals surface area contributed by atoms with Gasteiger partial charge in [0.05, 0.1) is 17.6 Å². The summed E-state index contributed by atoms with van der Waals surface area (Å²) in [4.78, 5) is 9.14. The average Bonchev–Trinajstić information content (AvgIpc) is 3.46. The fourth-order valence-corrected chi connectivity index (χ4v) is 3.25. The molecule has 0 radical (unpaired) electrons. The lowest BCUT2D eigenvalue weighted by Crippen LogP contribution is -2.06. The van der Waals surface area contributed by atoms with Crippen LogP contribution in [0.3, 0.4) is 0 Å². The standard InChI is InChI=1S/C21H19FN6/c22-16-9-5-4-8-15(16)18-17-19(23)28(12-13-6-2-1-3-7-13)27-20(17)26-21(25-18)24-14-10-11-14/h1-9,14H,10-12,23H2,(H,24,26,27). The molecule has 1 fully saturated rings. The van der Waals surface area contributed by atoms with Gasteiger partial charge in [-0.25, -0.2) is 14.1 Å². The predicted molar refractivity (Wildman–Crippen MR) is 107 cm³/mol.